The fourth-order valence-electron chi connectivity index (χ4n) is 2.04. The Bertz CT molecular complexity index is 731. The molecule has 0 unspecified atom stereocenters. The summed E-state index contributed by atoms with van der Waals surface area (Å²) in [6.07, 6.45) is 1.60. The van der Waals surface area contributed by atoms with Crippen LogP contribution >= 0.6 is 11.6 Å². The lowest BCUT2D eigenvalue weighted by molar-refractivity contribution is 0.439. The van der Waals surface area contributed by atoms with Gasteiger partial charge in [0.15, 0.2) is 0 Å². The van der Waals surface area contributed by atoms with Crippen LogP contribution < -0.4 is 5.73 Å². The maximum atomic E-state index is 6.21. The molecule has 2 N–H and O–H groups in total. The van der Waals surface area contributed by atoms with E-state index in [1.165, 1.54) is 0 Å². The Kier molecular flexibility index (Phi) is 2.80. The van der Waals surface area contributed by atoms with Crippen LogP contribution in [0.25, 0.3) is 22.4 Å². The molecule has 4 nitrogen and oxygen atoms in total. The highest BCUT2D eigenvalue weighted by Gasteiger charge is 2.21. The average molecular weight is 275 g/mol. The van der Waals surface area contributed by atoms with Crippen molar-refractivity contribution >= 4 is 17.5 Å². The average Bonchev–Trinajstić information content (AvgIpc) is 2.96. The number of furan rings is 1. The zero-order valence-corrected chi connectivity index (χ0v) is 10.9. The van der Waals surface area contributed by atoms with Crippen molar-refractivity contribution in [3.8, 4) is 22.4 Å². The number of nitrogen functional groups attached to an aromatic ring is 1. The standard InChI is InChI=1S/C14H11ClN2O2/c1-8-9(6-7-18-8)13-12(14(16)19-17-13)10-4-2-3-5-11(10)15/h2-7H,16H2,1H3. The molecule has 2 heterocycles. The summed E-state index contributed by atoms with van der Waals surface area (Å²) in [7, 11) is 0. The lowest BCUT2D eigenvalue weighted by atomic mass is 10.0. The Labute approximate surface area is 114 Å². The number of rotatable bonds is 2. The summed E-state index contributed by atoms with van der Waals surface area (Å²) < 4.78 is 10.4. The van der Waals surface area contributed by atoms with Gasteiger partial charge in [-0.15, -0.1) is 0 Å². The smallest absolute Gasteiger partial charge is 0.230 e. The Morgan fingerprint density at radius 2 is 1.95 bits per heavy atom. The number of nitrogens with two attached hydrogens (primary N) is 1. The third-order valence-electron chi connectivity index (χ3n) is 2.98. The molecule has 1 aromatic carbocycles. The number of hydrogen-bond acceptors (Lipinski definition) is 4. The summed E-state index contributed by atoms with van der Waals surface area (Å²) in [6.45, 7) is 1.86. The van der Waals surface area contributed by atoms with Crippen LogP contribution in [-0.4, -0.2) is 5.16 Å². The van der Waals surface area contributed by atoms with Gasteiger partial charge in [0.2, 0.25) is 5.88 Å². The zero-order chi connectivity index (χ0) is 13.4. The van der Waals surface area contributed by atoms with Crippen LogP contribution in [-0.2, 0) is 0 Å². The number of aromatic nitrogens is 1. The normalized spacial score (nSPS) is 10.8. The summed E-state index contributed by atoms with van der Waals surface area (Å²) in [5.41, 5.74) is 8.84. The van der Waals surface area contributed by atoms with E-state index >= 15 is 0 Å². The van der Waals surface area contributed by atoms with Gasteiger partial charge in [0.1, 0.15) is 11.5 Å². The molecule has 0 radical (unpaired) electrons. The molecule has 0 fully saturated rings. The monoisotopic (exact) mass is 274 g/mol. The molecule has 96 valence electrons. The largest absolute Gasteiger partial charge is 0.469 e. The lowest BCUT2D eigenvalue weighted by Crippen LogP contribution is -1.88. The van der Waals surface area contributed by atoms with Gasteiger partial charge in [0, 0.05) is 16.1 Å². The van der Waals surface area contributed by atoms with E-state index in [4.69, 9.17) is 26.3 Å². The van der Waals surface area contributed by atoms with Crippen molar-refractivity contribution in [3.05, 3.63) is 47.4 Å². The molecule has 0 spiro atoms. The number of benzene rings is 1. The highest BCUT2D eigenvalue weighted by atomic mass is 35.5. The van der Waals surface area contributed by atoms with Crippen molar-refractivity contribution in [2.45, 2.75) is 6.92 Å². The van der Waals surface area contributed by atoms with Crippen LogP contribution in [0.3, 0.4) is 0 Å². The van der Waals surface area contributed by atoms with Gasteiger partial charge in [0.25, 0.3) is 0 Å². The topological polar surface area (TPSA) is 65.2 Å². The highest BCUT2D eigenvalue weighted by Crippen LogP contribution is 2.40. The maximum Gasteiger partial charge on any atom is 0.230 e. The number of anilines is 1. The maximum absolute atomic E-state index is 6.21. The summed E-state index contributed by atoms with van der Waals surface area (Å²) in [5, 5.41) is 4.61. The van der Waals surface area contributed by atoms with Crippen LogP contribution in [0.4, 0.5) is 5.88 Å². The van der Waals surface area contributed by atoms with E-state index < -0.39 is 0 Å². The van der Waals surface area contributed by atoms with Gasteiger partial charge >= 0.3 is 0 Å². The van der Waals surface area contributed by atoms with E-state index in [1.54, 1.807) is 12.3 Å². The van der Waals surface area contributed by atoms with Gasteiger partial charge in [-0.3, -0.25) is 0 Å². The van der Waals surface area contributed by atoms with Crippen LogP contribution in [0.15, 0.2) is 45.5 Å². The van der Waals surface area contributed by atoms with Crippen molar-refractivity contribution in [1.82, 2.24) is 5.16 Å². The Morgan fingerprint density at radius 1 is 1.16 bits per heavy atom. The molecular weight excluding hydrogens is 264 g/mol. The van der Waals surface area contributed by atoms with E-state index in [9.17, 15) is 0 Å². The van der Waals surface area contributed by atoms with E-state index in [1.807, 2.05) is 31.2 Å². The minimum atomic E-state index is 0.240. The van der Waals surface area contributed by atoms with Crippen LogP contribution in [0.2, 0.25) is 5.02 Å². The lowest BCUT2D eigenvalue weighted by Gasteiger charge is -2.04. The quantitative estimate of drug-likeness (QED) is 0.762. The zero-order valence-electron chi connectivity index (χ0n) is 10.2. The summed E-state index contributed by atoms with van der Waals surface area (Å²) in [5.74, 6) is 0.991. The first-order valence-corrected chi connectivity index (χ1v) is 6.11. The second-order valence-electron chi connectivity index (χ2n) is 4.14. The molecule has 0 amide bonds. The third kappa shape index (κ3) is 1.90. The summed E-state index contributed by atoms with van der Waals surface area (Å²) in [6, 6.07) is 9.25. The van der Waals surface area contributed by atoms with Gasteiger partial charge in [0.05, 0.1) is 11.8 Å². The van der Waals surface area contributed by atoms with Gasteiger partial charge in [-0.05, 0) is 19.1 Å². The predicted octanol–water partition coefficient (Wildman–Crippen LogP) is 4.15. The predicted molar refractivity (Wildman–Crippen MR) is 73.8 cm³/mol. The molecule has 0 saturated heterocycles. The second kappa shape index (κ2) is 4.48. The fourth-order valence-corrected chi connectivity index (χ4v) is 2.27. The highest BCUT2D eigenvalue weighted by molar-refractivity contribution is 6.33. The molecule has 0 aliphatic rings. The van der Waals surface area contributed by atoms with E-state index in [2.05, 4.69) is 5.16 Å². The number of halogens is 1. The molecule has 0 aliphatic heterocycles. The first kappa shape index (κ1) is 11.9. The first-order chi connectivity index (χ1) is 9.18. The van der Waals surface area contributed by atoms with Crippen molar-refractivity contribution < 1.29 is 8.94 Å². The molecule has 0 saturated carbocycles. The molecule has 0 bridgehead atoms. The van der Waals surface area contributed by atoms with Crippen molar-refractivity contribution in [2.75, 3.05) is 5.73 Å². The molecule has 5 heteroatoms. The van der Waals surface area contributed by atoms with Gasteiger partial charge in [-0.2, -0.15) is 0 Å². The minimum Gasteiger partial charge on any atom is -0.469 e. The van der Waals surface area contributed by atoms with Crippen molar-refractivity contribution in [1.29, 1.82) is 0 Å². The van der Waals surface area contributed by atoms with Crippen molar-refractivity contribution in [3.63, 3.8) is 0 Å². The number of hydrogen-bond donors (Lipinski definition) is 1. The molecule has 2 aromatic heterocycles. The first-order valence-electron chi connectivity index (χ1n) is 5.73. The van der Waals surface area contributed by atoms with Crippen LogP contribution in [0.1, 0.15) is 5.76 Å². The van der Waals surface area contributed by atoms with Gasteiger partial charge in [-0.25, -0.2) is 0 Å². The molecule has 0 atom stereocenters. The molecule has 3 rings (SSSR count). The van der Waals surface area contributed by atoms with E-state index in [-0.39, 0.29) is 5.88 Å². The van der Waals surface area contributed by atoms with Crippen LogP contribution in [0.5, 0.6) is 0 Å². The summed E-state index contributed by atoms with van der Waals surface area (Å²) >= 11 is 6.21. The molecule has 19 heavy (non-hydrogen) atoms. The fraction of sp³-hybridized carbons (Fsp3) is 0.0714. The summed E-state index contributed by atoms with van der Waals surface area (Å²) in [4.78, 5) is 0. The number of aryl methyl sites for hydroxylation is 1. The second-order valence-corrected chi connectivity index (χ2v) is 4.55. The van der Waals surface area contributed by atoms with Gasteiger partial charge in [-0.1, -0.05) is 35.0 Å². The Morgan fingerprint density at radius 3 is 2.63 bits per heavy atom. The van der Waals surface area contributed by atoms with E-state index in [0.29, 0.717) is 16.3 Å². The minimum absolute atomic E-state index is 0.240. The molecular formula is C14H11ClN2O2. The molecule has 3 aromatic rings. The number of nitrogens with zero attached hydrogens (tertiary/aromatic N) is 1. The van der Waals surface area contributed by atoms with Gasteiger partial charge < -0.3 is 14.7 Å². The van der Waals surface area contributed by atoms with E-state index in [0.717, 1.165) is 16.9 Å². The van der Waals surface area contributed by atoms with Crippen LogP contribution in [0, 0.1) is 6.92 Å². The molecule has 0 aliphatic carbocycles. The SMILES string of the molecule is Cc1occc1-c1noc(N)c1-c1ccccc1Cl. The van der Waals surface area contributed by atoms with Crippen molar-refractivity contribution in [2.24, 2.45) is 0 Å². The Balaban J connectivity index is 2.26. The third-order valence-corrected chi connectivity index (χ3v) is 3.31. The Hall–Kier alpha value is -2.20.